The number of hydrogen-bond donors (Lipinski definition) is 0. The lowest BCUT2D eigenvalue weighted by atomic mass is 10.2. The van der Waals surface area contributed by atoms with Crippen LogP contribution in [0, 0.1) is 0 Å². The van der Waals surface area contributed by atoms with E-state index in [-0.39, 0.29) is 5.78 Å². The molecule has 0 amide bonds. The van der Waals surface area contributed by atoms with Gasteiger partial charge in [0.2, 0.25) is 0 Å². The fourth-order valence-corrected chi connectivity index (χ4v) is 2.43. The van der Waals surface area contributed by atoms with E-state index in [0.29, 0.717) is 5.75 Å². The number of likely N-dealkylation sites (N-methyl/N-ethyl adjacent to an activating group) is 1. The van der Waals surface area contributed by atoms with Crippen molar-refractivity contribution in [3.63, 3.8) is 0 Å². The molecule has 1 aliphatic rings. The fourth-order valence-electron chi connectivity index (χ4n) is 1.51. The fraction of sp³-hybridized carbons (Fsp3) is 0.333. The Balaban J connectivity index is 1.89. The Bertz CT molecular complexity index is 403. The molecule has 0 bridgehead atoms. The smallest absolute Gasteiger partial charge is 0.173 e. The lowest BCUT2D eigenvalue weighted by molar-refractivity contribution is 0.102. The highest BCUT2D eigenvalue weighted by atomic mass is 32.2. The molecule has 84 valence electrons. The van der Waals surface area contributed by atoms with Gasteiger partial charge in [-0.25, -0.2) is 0 Å². The number of carbonyl (C=O) groups is 1. The normalized spacial score (nSPS) is 15.1. The second-order valence-corrected chi connectivity index (χ2v) is 4.61. The molecule has 0 unspecified atom stereocenters. The average molecular weight is 234 g/mol. The zero-order valence-electron chi connectivity index (χ0n) is 9.22. The molecule has 1 aliphatic heterocycles. The van der Waals surface area contributed by atoms with Crippen molar-refractivity contribution >= 4 is 22.7 Å². The van der Waals surface area contributed by atoms with Gasteiger partial charge in [0.25, 0.3) is 0 Å². The largest absolute Gasteiger partial charge is 0.353 e. The zero-order valence-corrected chi connectivity index (χ0v) is 10.0. The summed E-state index contributed by atoms with van der Waals surface area (Å²) < 4.78 is 0. The van der Waals surface area contributed by atoms with Crippen molar-refractivity contribution < 1.29 is 4.79 Å². The third-order valence-corrected chi connectivity index (χ3v) is 3.54. The molecule has 0 N–H and O–H groups in total. The maximum absolute atomic E-state index is 11.8. The molecule has 0 radical (unpaired) electrons. The Morgan fingerprint density at radius 3 is 2.81 bits per heavy atom. The number of carbonyl (C=O) groups excluding carboxylic acids is 1. The van der Waals surface area contributed by atoms with E-state index in [1.54, 1.807) is 0 Å². The number of hydrogen-bond acceptors (Lipinski definition) is 4. The standard InChI is InChI=1S/C12H14N2OS/c1-14-8-7-13-12(14)16-9-11(15)10-5-3-2-4-6-10/h2-6H,7-9H2,1H3. The van der Waals surface area contributed by atoms with Crippen LogP contribution in [0.4, 0.5) is 0 Å². The van der Waals surface area contributed by atoms with Crippen molar-refractivity contribution in [2.24, 2.45) is 4.99 Å². The van der Waals surface area contributed by atoms with E-state index < -0.39 is 0 Å². The maximum Gasteiger partial charge on any atom is 0.173 e. The first-order valence-corrected chi connectivity index (χ1v) is 6.22. The number of rotatable bonds is 3. The van der Waals surface area contributed by atoms with Gasteiger partial charge in [-0.15, -0.1) is 0 Å². The van der Waals surface area contributed by atoms with Gasteiger partial charge in [0, 0.05) is 19.2 Å². The van der Waals surface area contributed by atoms with Crippen LogP contribution in [0.3, 0.4) is 0 Å². The molecule has 3 nitrogen and oxygen atoms in total. The lowest BCUT2D eigenvalue weighted by Gasteiger charge is -2.12. The Kier molecular flexibility index (Phi) is 3.62. The van der Waals surface area contributed by atoms with Gasteiger partial charge in [-0.2, -0.15) is 0 Å². The molecule has 1 heterocycles. The molecule has 0 saturated heterocycles. The van der Waals surface area contributed by atoms with Gasteiger partial charge in [-0.3, -0.25) is 9.79 Å². The highest BCUT2D eigenvalue weighted by Crippen LogP contribution is 2.14. The van der Waals surface area contributed by atoms with Crippen LogP contribution in [0.5, 0.6) is 0 Å². The molecule has 16 heavy (non-hydrogen) atoms. The molecule has 0 aliphatic carbocycles. The summed E-state index contributed by atoms with van der Waals surface area (Å²) in [6.07, 6.45) is 0. The second kappa shape index (κ2) is 5.16. The minimum absolute atomic E-state index is 0.161. The average Bonchev–Trinajstić information content (AvgIpc) is 2.73. The van der Waals surface area contributed by atoms with E-state index in [0.717, 1.165) is 23.8 Å². The van der Waals surface area contributed by atoms with Crippen molar-refractivity contribution in [1.29, 1.82) is 0 Å². The van der Waals surface area contributed by atoms with E-state index in [1.165, 1.54) is 11.8 Å². The predicted molar refractivity (Wildman–Crippen MR) is 68.2 cm³/mol. The van der Waals surface area contributed by atoms with Crippen molar-refractivity contribution in [3.8, 4) is 0 Å². The molecule has 4 heteroatoms. The highest BCUT2D eigenvalue weighted by Gasteiger charge is 2.14. The van der Waals surface area contributed by atoms with Crippen LogP contribution >= 0.6 is 11.8 Å². The van der Waals surface area contributed by atoms with E-state index in [4.69, 9.17) is 0 Å². The van der Waals surface area contributed by atoms with E-state index >= 15 is 0 Å². The third-order valence-electron chi connectivity index (χ3n) is 2.44. The van der Waals surface area contributed by atoms with Crippen LogP contribution in [-0.2, 0) is 0 Å². The number of nitrogens with zero attached hydrogens (tertiary/aromatic N) is 2. The number of aliphatic imine (C=N–C) groups is 1. The first-order valence-electron chi connectivity index (χ1n) is 5.24. The van der Waals surface area contributed by atoms with E-state index in [2.05, 4.69) is 9.89 Å². The molecule has 0 saturated carbocycles. The third kappa shape index (κ3) is 2.64. The van der Waals surface area contributed by atoms with Gasteiger partial charge >= 0.3 is 0 Å². The molecule has 0 fully saturated rings. The Morgan fingerprint density at radius 2 is 2.19 bits per heavy atom. The topological polar surface area (TPSA) is 32.7 Å². The summed E-state index contributed by atoms with van der Waals surface area (Å²) in [5.41, 5.74) is 0.774. The summed E-state index contributed by atoms with van der Waals surface area (Å²) in [6.45, 7) is 1.81. The SMILES string of the molecule is CN1CCN=C1SCC(=O)c1ccccc1. The molecule has 1 aromatic carbocycles. The number of benzene rings is 1. The van der Waals surface area contributed by atoms with Crippen LogP contribution in [0.15, 0.2) is 35.3 Å². The monoisotopic (exact) mass is 234 g/mol. The number of Topliss-reactive ketones (excluding diaryl/α,β-unsaturated/α-hetero) is 1. The Hall–Kier alpha value is -1.29. The first kappa shape index (κ1) is 11.2. The molecule has 0 spiro atoms. The van der Waals surface area contributed by atoms with Gasteiger partial charge in [0.1, 0.15) is 0 Å². The van der Waals surface area contributed by atoms with Gasteiger partial charge in [-0.05, 0) is 0 Å². The molecular weight excluding hydrogens is 220 g/mol. The molecule has 0 aromatic heterocycles. The van der Waals surface area contributed by atoms with Gasteiger partial charge in [0.15, 0.2) is 11.0 Å². The van der Waals surface area contributed by atoms with Crippen molar-refractivity contribution in [2.45, 2.75) is 0 Å². The predicted octanol–water partition coefficient (Wildman–Crippen LogP) is 1.90. The molecular formula is C12H14N2OS. The minimum Gasteiger partial charge on any atom is -0.353 e. The first-order chi connectivity index (χ1) is 7.77. The van der Waals surface area contributed by atoms with Gasteiger partial charge < -0.3 is 4.90 Å². The number of thioether (sulfide) groups is 1. The van der Waals surface area contributed by atoms with Crippen LogP contribution in [0.25, 0.3) is 0 Å². The van der Waals surface area contributed by atoms with Gasteiger partial charge in [-0.1, -0.05) is 42.1 Å². The number of amidine groups is 1. The minimum atomic E-state index is 0.161. The quantitative estimate of drug-likeness (QED) is 0.749. The van der Waals surface area contributed by atoms with Crippen molar-refractivity contribution in [2.75, 3.05) is 25.9 Å². The lowest BCUT2D eigenvalue weighted by Crippen LogP contribution is -2.21. The summed E-state index contributed by atoms with van der Waals surface area (Å²) in [7, 11) is 2.01. The highest BCUT2D eigenvalue weighted by molar-refractivity contribution is 8.14. The Labute approximate surface area is 99.6 Å². The summed E-state index contributed by atoms with van der Waals surface area (Å²) in [6, 6.07) is 9.39. The Morgan fingerprint density at radius 1 is 1.44 bits per heavy atom. The van der Waals surface area contributed by atoms with Crippen LogP contribution in [0.1, 0.15) is 10.4 Å². The molecule has 2 rings (SSSR count). The molecule has 1 aromatic rings. The number of ketones is 1. The van der Waals surface area contributed by atoms with Crippen LogP contribution in [0.2, 0.25) is 0 Å². The maximum atomic E-state index is 11.8. The summed E-state index contributed by atoms with van der Waals surface area (Å²) >= 11 is 1.52. The van der Waals surface area contributed by atoms with E-state index in [1.807, 2.05) is 37.4 Å². The van der Waals surface area contributed by atoms with Crippen molar-refractivity contribution in [3.05, 3.63) is 35.9 Å². The zero-order chi connectivity index (χ0) is 11.4. The molecule has 0 atom stereocenters. The second-order valence-electron chi connectivity index (χ2n) is 3.66. The summed E-state index contributed by atoms with van der Waals surface area (Å²) in [4.78, 5) is 18.2. The summed E-state index contributed by atoms with van der Waals surface area (Å²) in [5.74, 6) is 0.626. The van der Waals surface area contributed by atoms with Crippen LogP contribution in [-0.4, -0.2) is 41.7 Å². The van der Waals surface area contributed by atoms with Crippen molar-refractivity contribution in [1.82, 2.24) is 4.90 Å². The van der Waals surface area contributed by atoms with E-state index in [9.17, 15) is 4.79 Å². The summed E-state index contributed by atoms with van der Waals surface area (Å²) in [5, 5.41) is 0.976. The van der Waals surface area contributed by atoms with Gasteiger partial charge in [0.05, 0.1) is 12.3 Å². The van der Waals surface area contributed by atoms with Crippen LogP contribution < -0.4 is 0 Å².